The number of carboxylic acids is 1. The van der Waals surface area contributed by atoms with Gasteiger partial charge in [-0.05, 0) is 38.8 Å². The van der Waals surface area contributed by atoms with Crippen molar-refractivity contribution < 1.29 is 14.7 Å². The van der Waals surface area contributed by atoms with Crippen LogP contribution < -0.4 is 5.32 Å². The van der Waals surface area contributed by atoms with Gasteiger partial charge in [-0.1, -0.05) is 13.3 Å². The smallest absolute Gasteiger partial charge is 0.317 e. The summed E-state index contributed by atoms with van der Waals surface area (Å²) in [7, 11) is 0. The number of hydrogen-bond acceptors (Lipinski definition) is 3. The second kappa shape index (κ2) is 7.11. The fourth-order valence-corrected chi connectivity index (χ4v) is 3.28. The van der Waals surface area contributed by atoms with Crippen molar-refractivity contribution in [3.05, 3.63) is 0 Å². The number of hydrogen-bond donors (Lipinski definition) is 2. The molecule has 2 N–H and O–H groups in total. The van der Waals surface area contributed by atoms with Crippen molar-refractivity contribution >= 4 is 12.0 Å². The van der Waals surface area contributed by atoms with Gasteiger partial charge in [0.05, 0.1) is 5.41 Å². The van der Waals surface area contributed by atoms with Crippen molar-refractivity contribution in [2.45, 2.75) is 39.0 Å². The summed E-state index contributed by atoms with van der Waals surface area (Å²) in [6, 6.07) is -0.122. The second-order valence-corrected chi connectivity index (χ2v) is 6.24. The molecular weight excluding hydrogens is 270 g/mol. The third kappa shape index (κ3) is 3.87. The highest BCUT2D eigenvalue weighted by molar-refractivity contribution is 5.79. The van der Waals surface area contributed by atoms with E-state index >= 15 is 0 Å². The van der Waals surface area contributed by atoms with Crippen LogP contribution in [-0.4, -0.2) is 66.2 Å². The molecule has 2 rings (SSSR count). The van der Waals surface area contributed by atoms with Crippen molar-refractivity contribution in [1.82, 2.24) is 15.1 Å². The highest BCUT2D eigenvalue weighted by Gasteiger charge is 2.44. The van der Waals surface area contributed by atoms with Gasteiger partial charge >= 0.3 is 12.0 Å². The van der Waals surface area contributed by atoms with Crippen LogP contribution in [-0.2, 0) is 4.79 Å². The van der Waals surface area contributed by atoms with E-state index in [2.05, 4.69) is 10.2 Å². The van der Waals surface area contributed by atoms with Gasteiger partial charge in [-0.15, -0.1) is 0 Å². The maximum Gasteiger partial charge on any atom is 0.317 e. The maximum atomic E-state index is 12.1. The molecule has 0 aliphatic carbocycles. The topological polar surface area (TPSA) is 72.9 Å². The number of likely N-dealkylation sites (tertiary alicyclic amines) is 2. The number of nitrogens with zero attached hydrogens (tertiary/aromatic N) is 2. The van der Waals surface area contributed by atoms with E-state index in [1.807, 2.05) is 6.92 Å². The zero-order valence-corrected chi connectivity index (χ0v) is 12.9. The molecule has 0 aromatic rings. The number of carbonyl (C=O) groups excluding carboxylic acids is 1. The summed E-state index contributed by atoms with van der Waals surface area (Å²) < 4.78 is 0. The minimum absolute atomic E-state index is 0.122. The summed E-state index contributed by atoms with van der Waals surface area (Å²) in [5.41, 5.74) is -0.746. The van der Waals surface area contributed by atoms with Crippen molar-refractivity contribution in [3.8, 4) is 0 Å². The van der Waals surface area contributed by atoms with E-state index < -0.39 is 11.4 Å². The standard InChI is InChI=1S/C15H27N3O3/c1-2-15(13(19)20)6-10-18(12-15)14(21)16-7-11-17-8-4-3-5-9-17/h2-12H2,1H3,(H,16,21)(H,19,20). The Morgan fingerprint density at radius 1 is 1.19 bits per heavy atom. The number of amides is 2. The molecule has 1 atom stereocenters. The van der Waals surface area contributed by atoms with Gasteiger partial charge in [0.15, 0.2) is 0 Å². The number of rotatable bonds is 5. The Balaban J connectivity index is 1.73. The van der Waals surface area contributed by atoms with Crippen LogP contribution in [0.2, 0.25) is 0 Å². The molecule has 0 spiro atoms. The van der Waals surface area contributed by atoms with E-state index in [1.165, 1.54) is 19.3 Å². The average molecular weight is 297 g/mol. The summed E-state index contributed by atoms with van der Waals surface area (Å²) in [6.07, 6.45) is 4.93. The lowest BCUT2D eigenvalue weighted by molar-refractivity contribution is -0.148. The fraction of sp³-hybridized carbons (Fsp3) is 0.867. The first-order chi connectivity index (χ1) is 10.1. The summed E-state index contributed by atoms with van der Waals surface area (Å²) in [6.45, 7) is 6.52. The third-order valence-electron chi connectivity index (χ3n) is 4.92. The van der Waals surface area contributed by atoms with Crippen LogP contribution in [0.25, 0.3) is 0 Å². The van der Waals surface area contributed by atoms with Crippen molar-refractivity contribution in [1.29, 1.82) is 0 Å². The van der Waals surface area contributed by atoms with Gasteiger partial charge < -0.3 is 20.2 Å². The first kappa shape index (κ1) is 16.1. The Morgan fingerprint density at radius 3 is 2.48 bits per heavy atom. The van der Waals surface area contributed by atoms with E-state index in [9.17, 15) is 14.7 Å². The zero-order valence-electron chi connectivity index (χ0n) is 12.9. The molecule has 0 saturated carbocycles. The van der Waals surface area contributed by atoms with Crippen molar-refractivity contribution in [2.24, 2.45) is 5.41 Å². The highest BCUT2D eigenvalue weighted by atomic mass is 16.4. The largest absolute Gasteiger partial charge is 0.481 e. The fourth-order valence-electron chi connectivity index (χ4n) is 3.28. The Morgan fingerprint density at radius 2 is 1.90 bits per heavy atom. The van der Waals surface area contributed by atoms with Gasteiger partial charge in [0.2, 0.25) is 0 Å². The molecule has 6 heteroatoms. The molecule has 120 valence electrons. The monoisotopic (exact) mass is 297 g/mol. The summed E-state index contributed by atoms with van der Waals surface area (Å²) >= 11 is 0. The van der Waals surface area contributed by atoms with Crippen LogP contribution in [0.15, 0.2) is 0 Å². The lowest BCUT2D eigenvalue weighted by Gasteiger charge is -2.27. The molecule has 2 saturated heterocycles. The van der Waals surface area contributed by atoms with Gasteiger partial charge in [-0.2, -0.15) is 0 Å². The molecule has 0 aromatic heterocycles. The van der Waals surface area contributed by atoms with E-state index in [0.717, 1.165) is 19.6 Å². The zero-order chi connectivity index (χ0) is 15.3. The quantitative estimate of drug-likeness (QED) is 0.804. The highest BCUT2D eigenvalue weighted by Crippen LogP contribution is 2.34. The predicted octanol–water partition coefficient (Wildman–Crippen LogP) is 1.37. The van der Waals surface area contributed by atoms with Crippen LogP contribution in [0.3, 0.4) is 0 Å². The Labute approximate surface area is 126 Å². The Kier molecular flexibility index (Phi) is 5.45. The molecule has 2 aliphatic heterocycles. The van der Waals surface area contributed by atoms with Gasteiger partial charge in [0.1, 0.15) is 0 Å². The van der Waals surface area contributed by atoms with Crippen LogP contribution in [0.5, 0.6) is 0 Å². The van der Waals surface area contributed by atoms with Gasteiger partial charge in [-0.25, -0.2) is 4.79 Å². The minimum Gasteiger partial charge on any atom is -0.481 e. The molecular formula is C15H27N3O3. The third-order valence-corrected chi connectivity index (χ3v) is 4.92. The van der Waals surface area contributed by atoms with Crippen LogP contribution in [0.4, 0.5) is 4.79 Å². The predicted molar refractivity (Wildman–Crippen MR) is 80.2 cm³/mol. The molecule has 2 heterocycles. The molecule has 2 fully saturated rings. The van der Waals surface area contributed by atoms with Gasteiger partial charge in [0, 0.05) is 26.2 Å². The van der Waals surface area contributed by atoms with E-state index in [1.54, 1.807) is 4.90 Å². The minimum atomic E-state index is -0.784. The number of aliphatic carboxylic acids is 1. The van der Waals surface area contributed by atoms with Gasteiger partial charge in [0.25, 0.3) is 0 Å². The molecule has 6 nitrogen and oxygen atoms in total. The lowest BCUT2D eigenvalue weighted by Crippen LogP contribution is -2.44. The van der Waals surface area contributed by atoms with Crippen LogP contribution >= 0.6 is 0 Å². The summed E-state index contributed by atoms with van der Waals surface area (Å²) in [4.78, 5) is 27.5. The van der Waals surface area contributed by atoms with E-state index in [4.69, 9.17) is 0 Å². The molecule has 0 bridgehead atoms. The van der Waals surface area contributed by atoms with E-state index in [-0.39, 0.29) is 6.03 Å². The maximum absolute atomic E-state index is 12.1. The number of carbonyl (C=O) groups is 2. The van der Waals surface area contributed by atoms with E-state index in [0.29, 0.717) is 32.5 Å². The van der Waals surface area contributed by atoms with Crippen LogP contribution in [0.1, 0.15) is 39.0 Å². The molecule has 21 heavy (non-hydrogen) atoms. The Bertz CT molecular complexity index is 382. The Hall–Kier alpha value is -1.30. The number of nitrogens with one attached hydrogen (secondary N) is 1. The summed E-state index contributed by atoms with van der Waals surface area (Å²) in [5.74, 6) is -0.784. The molecule has 2 amide bonds. The molecule has 1 unspecified atom stereocenters. The molecule has 0 radical (unpaired) electrons. The molecule has 0 aromatic carbocycles. The number of piperidine rings is 1. The summed E-state index contributed by atoms with van der Waals surface area (Å²) in [5, 5.41) is 12.3. The normalized spacial score (nSPS) is 26.8. The first-order valence-corrected chi connectivity index (χ1v) is 8.06. The second-order valence-electron chi connectivity index (χ2n) is 6.24. The average Bonchev–Trinajstić information content (AvgIpc) is 2.94. The van der Waals surface area contributed by atoms with Crippen LogP contribution in [0, 0.1) is 5.41 Å². The van der Waals surface area contributed by atoms with Crippen molar-refractivity contribution in [3.63, 3.8) is 0 Å². The number of urea groups is 1. The first-order valence-electron chi connectivity index (χ1n) is 8.06. The van der Waals surface area contributed by atoms with Gasteiger partial charge in [-0.3, -0.25) is 4.79 Å². The lowest BCUT2D eigenvalue weighted by atomic mass is 9.84. The number of carboxylic acid groups (broad SMARTS) is 1. The van der Waals surface area contributed by atoms with Crippen molar-refractivity contribution in [2.75, 3.05) is 39.3 Å². The molecule has 2 aliphatic rings. The SMILES string of the molecule is CCC1(C(=O)O)CCN(C(=O)NCCN2CCCCC2)C1.